The molecule has 9 heteroatoms. The van der Waals surface area contributed by atoms with E-state index in [1.54, 1.807) is 23.7 Å². The highest BCUT2D eigenvalue weighted by molar-refractivity contribution is 7.93. The number of thiazole rings is 1. The van der Waals surface area contributed by atoms with Gasteiger partial charge in [0.25, 0.3) is 10.0 Å². The summed E-state index contributed by atoms with van der Waals surface area (Å²) in [5, 5.41) is 8.72. The largest absolute Gasteiger partial charge is 0.332 e. The van der Waals surface area contributed by atoms with Gasteiger partial charge in [0.2, 0.25) is 0 Å². The van der Waals surface area contributed by atoms with Crippen LogP contribution in [0, 0.1) is 13.8 Å². The van der Waals surface area contributed by atoms with E-state index in [-0.39, 0.29) is 4.90 Å². The first kappa shape index (κ1) is 19.3. The van der Waals surface area contributed by atoms with Crippen molar-refractivity contribution in [2.45, 2.75) is 18.7 Å². The van der Waals surface area contributed by atoms with E-state index >= 15 is 0 Å². The molecule has 0 aliphatic rings. The fourth-order valence-electron chi connectivity index (χ4n) is 2.45. The van der Waals surface area contributed by atoms with Crippen LogP contribution < -0.4 is 15.4 Å². The van der Waals surface area contributed by atoms with Crippen LogP contribution in [0.3, 0.4) is 0 Å². The molecule has 6 nitrogen and oxygen atoms in total. The molecule has 0 fully saturated rings. The number of rotatable bonds is 5. The van der Waals surface area contributed by atoms with Crippen LogP contribution in [-0.4, -0.2) is 18.5 Å². The molecule has 3 rings (SSSR count). The second-order valence-corrected chi connectivity index (χ2v) is 8.80. The molecule has 0 atom stereocenters. The first-order valence-corrected chi connectivity index (χ1v) is 10.8. The van der Waals surface area contributed by atoms with Gasteiger partial charge in [-0.1, -0.05) is 18.2 Å². The Morgan fingerprint density at radius 1 is 1.04 bits per heavy atom. The van der Waals surface area contributed by atoms with Gasteiger partial charge in [0, 0.05) is 23.0 Å². The average Bonchev–Trinajstić information content (AvgIpc) is 3.11. The fraction of sp³-hybridized carbons (Fsp3) is 0.111. The Morgan fingerprint density at radius 3 is 2.30 bits per heavy atom. The van der Waals surface area contributed by atoms with E-state index in [1.165, 1.54) is 23.5 Å². The van der Waals surface area contributed by atoms with Gasteiger partial charge < -0.3 is 10.6 Å². The maximum Gasteiger partial charge on any atom is 0.263 e. The number of hydrogen-bond acceptors (Lipinski definition) is 5. The van der Waals surface area contributed by atoms with Gasteiger partial charge in [-0.25, -0.2) is 13.4 Å². The molecular weight excluding hydrogens is 400 g/mol. The van der Waals surface area contributed by atoms with Crippen molar-refractivity contribution in [1.82, 2.24) is 4.98 Å². The van der Waals surface area contributed by atoms with Gasteiger partial charge in [-0.2, -0.15) is 0 Å². The smallest absolute Gasteiger partial charge is 0.263 e. The predicted octanol–water partition coefficient (Wildman–Crippen LogP) is 4.37. The Bertz CT molecular complexity index is 1030. The normalized spacial score (nSPS) is 11.0. The Labute approximate surface area is 167 Å². The van der Waals surface area contributed by atoms with Gasteiger partial charge >= 0.3 is 0 Å². The predicted molar refractivity (Wildman–Crippen MR) is 115 cm³/mol. The topological polar surface area (TPSA) is 83.1 Å². The molecule has 3 N–H and O–H groups in total. The Kier molecular flexibility index (Phi) is 5.73. The van der Waals surface area contributed by atoms with Crippen LogP contribution in [0.5, 0.6) is 0 Å². The van der Waals surface area contributed by atoms with E-state index in [9.17, 15) is 8.42 Å². The van der Waals surface area contributed by atoms with Crippen molar-refractivity contribution in [2.24, 2.45) is 0 Å². The van der Waals surface area contributed by atoms with Crippen molar-refractivity contribution < 1.29 is 8.42 Å². The van der Waals surface area contributed by atoms with E-state index in [0.29, 0.717) is 15.9 Å². The third-order valence-electron chi connectivity index (χ3n) is 3.80. The quantitative estimate of drug-likeness (QED) is 0.534. The summed E-state index contributed by atoms with van der Waals surface area (Å²) in [6.07, 6.45) is 1.54. The average molecular weight is 419 g/mol. The van der Waals surface area contributed by atoms with E-state index in [2.05, 4.69) is 20.3 Å². The summed E-state index contributed by atoms with van der Waals surface area (Å²) in [4.78, 5) is 4.08. The minimum Gasteiger partial charge on any atom is -0.332 e. The van der Waals surface area contributed by atoms with Crippen LogP contribution in [0.25, 0.3) is 0 Å². The zero-order valence-corrected chi connectivity index (χ0v) is 17.1. The molecule has 140 valence electrons. The molecule has 0 unspecified atom stereocenters. The van der Waals surface area contributed by atoms with Gasteiger partial charge in [-0.15, -0.1) is 11.3 Å². The van der Waals surface area contributed by atoms with E-state index < -0.39 is 10.0 Å². The monoisotopic (exact) mass is 418 g/mol. The lowest BCUT2D eigenvalue weighted by Gasteiger charge is -2.15. The molecular formula is C18H18N4O2S3. The molecule has 0 radical (unpaired) electrons. The van der Waals surface area contributed by atoms with Gasteiger partial charge in [-0.3, -0.25) is 4.72 Å². The highest BCUT2D eigenvalue weighted by Crippen LogP contribution is 2.21. The second kappa shape index (κ2) is 8.03. The molecule has 0 aliphatic carbocycles. The second-order valence-electron chi connectivity index (χ2n) is 5.81. The van der Waals surface area contributed by atoms with Crippen LogP contribution in [0.4, 0.5) is 16.5 Å². The summed E-state index contributed by atoms with van der Waals surface area (Å²) in [5.41, 5.74) is 3.83. The lowest BCUT2D eigenvalue weighted by Crippen LogP contribution is -2.20. The zero-order valence-electron chi connectivity index (χ0n) is 14.7. The number of benzene rings is 2. The van der Waals surface area contributed by atoms with Crippen LogP contribution in [0.15, 0.2) is 58.9 Å². The summed E-state index contributed by atoms with van der Waals surface area (Å²) >= 11 is 6.58. The number of nitrogens with one attached hydrogen (secondary N) is 3. The molecule has 0 spiro atoms. The SMILES string of the molecule is Cc1cccc(C)c1NC(=S)Nc1ccc(S(=O)(=O)Nc2nccs2)cc1. The van der Waals surface area contributed by atoms with Gasteiger partial charge in [0.1, 0.15) is 0 Å². The highest BCUT2D eigenvalue weighted by atomic mass is 32.2. The maximum atomic E-state index is 12.3. The maximum absolute atomic E-state index is 12.3. The number of para-hydroxylation sites is 1. The summed E-state index contributed by atoms with van der Waals surface area (Å²) in [6.45, 7) is 4.01. The molecule has 0 amide bonds. The fourth-order valence-corrected chi connectivity index (χ4v) is 4.46. The first-order valence-electron chi connectivity index (χ1n) is 8.02. The summed E-state index contributed by atoms with van der Waals surface area (Å²) in [6, 6.07) is 12.4. The van der Waals surface area contributed by atoms with E-state index in [1.807, 2.05) is 32.0 Å². The molecule has 0 aliphatic heterocycles. The Hall–Kier alpha value is -2.49. The Morgan fingerprint density at radius 2 is 1.70 bits per heavy atom. The number of hydrogen-bond donors (Lipinski definition) is 3. The number of thiocarbonyl (C=S) groups is 1. The van der Waals surface area contributed by atoms with Gasteiger partial charge in [0.15, 0.2) is 10.2 Å². The van der Waals surface area contributed by atoms with E-state index in [4.69, 9.17) is 12.2 Å². The third-order valence-corrected chi connectivity index (χ3v) is 6.17. The number of anilines is 3. The molecule has 1 aromatic heterocycles. The van der Waals surface area contributed by atoms with Crippen molar-refractivity contribution in [2.75, 3.05) is 15.4 Å². The number of aryl methyl sites for hydroxylation is 2. The minimum absolute atomic E-state index is 0.150. The van der Waals surface area contributed by atoms with E-state index in [0.717, 1.165) is 16.8 Å². The van der Waals surface area contributed by atoms with Crippen LogP contribution >= 0.6 is 23.6 Å². The van der Waals surface area contributed by atoms with Crippen LogP contribution in [0.2, 0.25) is 0 Å². The molecule has 0 saturated carbocycles. The zero-order chi connectivity index (χ0) is 19.4. The minimum atomic E-state index is -3.67. The summed E-state index contributed by atoms with van der Waals surface area (Å²) in [7, 11) is -3.67. The highest BCUT2D eigenvalue weighted by Gasteiger charge is 2.15. The molecule has 2 aromatic carbocycles. The lowest BCUT2D eigenvalue weighted by molar-refractivity contribution is 0.601. The Balaban J connectivity index is 1.68. The molecule has 27 heavy (non-hydrogen) atoms. The van der Waals surface area contributed by atoms with Crippen LogP contribution in [0.1, 0.15) is 11.1 Å². The van der Waals surface area contributed by atoms with Crippen molar-refractivity contribution in [3.63, 3.8) is 0 Å². The first-order chi connectivity index (χ1) is 12.8. The van der Waals surface area contributed by atoms with Gasteiger partial charge in [0.05, 0.1) is 4.90 Å². The van der Waals surface area contributed by atoms with Crippen molar-refractivity contribution in [1.29, 1.82) is 0 Å². The van der Waals surface area contributed by atoms with Crippen molar-refractivity contribution in [3.05, 3.63) is 65.2 Å². The molecule has 3 aromatic rings. The number of nitrogens with zero attached hydrogens (tertiary/aromatic N) is 1. The molecule has 0 bridgehead atoms. The summed E-state index contributed by atoms with van der Waals surface area (Å²) < 4.78 is 27.1. The van der Waals surface area contributed by atoms with Gasteiger partial charge in [-0.05, 0) is 61.5 Å². The van der Waals surface area contributed by atoms with Crippen molar-refractivity contribution in [3.8, 4) is 0 Å². The molecule has 0 saturated heterocycles. The number of aromatic nitrogens is 1. The molecule has 1 heterocycles. The van der Waals surface area contributed by atoms with Crippen LogP contribution in [-0.2, 0) is 10.0 Å². The standard InChI is InChI=1S/C18H18N4O2S3/c1-12-4-3-5-13(2)16(12)21-17(25)20-14-6-8-15(9-7-14)27(23,24)22-18-19-10-11-26-18/h3-11H,1-2H3,(H,19,22)(H2,20,21,25). The summed E-state index contributed by atoms with van der Waals surface area (Å²) in [5.74, 6) is 0. The lowest BCUT2D eigenvalue weighted by atomic mass is 10.1. The van der Waals surface area contributed by atoms with Crippen molar-refractivity contribution >= 4 is 55.2 Å². The number of sulfonamides is 1. The third kappa shape index (κ3) is 4.82.